The average Bonchev–Trinajstić information content (AvgIpc) is 2.95. The molecule has 1 N–H and O–H groups in total. The van der Waals surface area contributed by atoms with E-state index in [1.165, 1.54) is 13.5 Å². The zero-order chi connectivity index (χ0) is 13.3. The molecule has 0 aromatic rings. The van der Waals surface area contributed by atoms with Crippen LogP contribution in [0.3, 0.4) is 0 Å². The normalized spacial score (nSPS) is 35.2. The van der Waals surface area contributed by atoms with E-state index in [4.69, 9.17) is 4.74 Å². The predicted molar refractivity (Wildman–Crippen MR) is 71.3 cm³/mol. The van der Waals surface area contributed by atoms with E-state index >= 15 is 0 Å². The summed E-state index contributed by atoms with van der Waals surface area (Å²) in [4.78, 5) is 14.2. The lowest BCUT2D eigenvalue weighted by Crippen LogP contribution is -2.45. The number of likely N-dealkylation sites (tertiary alicyclic amines) is 1. The van der Waals surface area contributed by atoms with Crippen molar-refractivity contribution in [3.8, 4) is 0 Å². The number of fused-ring (bicyclic) bond motifs is 1. The summed E-state index contributed by atoms with van der Waals surface area (Å²) < 4.78 is 4.88. The van der Waals surface area contributed by atoms with Crippen molar-refractivity contribution in [2.75, 3.05) is 26.7 Å². The second kappa shape index (κ2) is 5.57. The van der Waals surface area contributed by atoms with E-state index in [1.54, 1.807) is 0 Å². The van der Waals surface area contributed by atoms with E-state index in [-0.39, 0.29) is 17.9 Å². The minimum Gasteiger partial charge on any atom is -0.469 e. The lowest BCUT2D eigenvalue weighted by molar-refractivity contribution is -0.147. The van der Waals surface area contributed by atoms with Crippen LogP contribution in [0.25, 0.3) is 0 Å². The molecule has 2 aliphatic rings. The SMILES string of the molecule is CCC1C2CNCC2CN1C(C)C(C)C(=O)OC. The number of hydrogen-bond donors (Lipinski definition) is 1. The first kappa shape index (κ1) is 13.8. The van der Waals surface area contributed by atoms with Crippen LogP contribution in [0.4, 0.5) is 0 Å². The van der Waals surface area contributed by atoms with Crippen LogP contribution < -0.4 is 5.32 Å². The van der Waals surface area contributed by atoms with Gasteiger partial charge in [-0.2, -0.15) is 0 Å². The first-order chi connectivity index (χ1) is 8.60. The highest BCUT2D eigenvalue weighted by Crippen LogP contribution is 2.36. The molecule has 5 unspecified atom stereocenters. The summed E-state index contributed by atoms with van der Waals surface area (Å²) in [6.45, 7) is 9.80. The molecule has 18 heavy (non-hydrogen) atoms. The van der Waals surface area contributed by atoms with Gasteiger partial charge in [-0.3, -0.25) is 9.69 Å². The van der Waals surface area contributed by atoms with Crippen molar-refractivity contribution in [2.24, 2.45) is 17.8 Å². The standard InChI is InChI=1S/C14H26N2O2/c1-5-13-12-7-15-6-11(12)8-16(13)10(3)9(2)14(17)18-4/h9-13,15H,5-8H2,1-4H3. The van der Waals surface area contributed by atoms with Gasteiger partial charge in [-0.25, -0.2) is 0 Å². The highest BCUT2D eigenvalue weighted by Gasteiger charge is 2.46. The van der Waals surface area contributed by atoms with E-state index < -0.39 is 0 Å². The van der Waals surface area contributed by atoms with Crippen LogP contribution in [0.2, 0.25) is 0 Å². The zero-order valence-electron chi connectivity index (χ0n) is 12.0. The molecule has 0 amide bonds. The molecule has 0 aromatic heterocycles. The van der Waals surface area contributed by atoms with Gasteiger partial charge in [0.2, 0.25) is 0 Å². The summed E-state index contributed by atoms with van der Waals surface area (Å²) in [5.41, 5.74) is 0. The second-order valence-corrected chi connectivity index (χ2v) is 5.81. The van der Waals surface area contributed by atoms with Crippen molar-refractivity contribution in [3.05, 3.63) is 0 Å². The lowest BCUT2D eigenvalue weighted by Gasteiger charge is -2.34. The van der Waals surface area contributed by atoms with Gasteiger partial charge in [0.25, 0.3) is 0 Å². The Labute approximate surface area is 110 Å². The van der Waals surface area contributed by atoms with Gasteiger partial charge >= 0.3 is 5.97 Å². The number of methoxy groups -OCH3 is 1. The van der Waals surface area contributed by atoms with Crippen molar-refractivity contribution in [1.82, 2.24) is 10.2 Å². The molecule has 2 saturated heterocycles. The molecule has 0 aromatic carbocycles. The number of nitrogens with one attached hydrogen (secondary N) is 1. The van der Waals surface area contributed by atoms with Crippen molar-refractivity contribution < 1.29 is 9.53 Å². The molecular weight excluding hydrogens is 228 g/mol. The molecule has 0 saturated carbocycles. The number of ether oxygens (including phenoxy) is 1. The molecule has 104 valence electrons. The molecular formula is C14H26N2O2. The van der Waals surface area contributed by atoms with Crippen LogP contribution in [0.1, 0.15) is 27.2 Å². The van der Waals surface area contributed by atoms with Crippen LogP contribution in [-0.4, -0.2) is 49.7 Å². The van der Waals surface area contributed by atoms with Gasteiger partial charge in [0.1, 0.15) is 0 Å². The summed E-state index contributed by atoms with van der Waals surface area (Å²) in [5.74, 6) is 1.40. The monoisotopic (exact) mass is 254 g/mol. The van der Waals surface area contributed by atoms with Gasteiger partial charge in [0.15, 0.2) is 0 Å². The molecule has 5 atom stereocenters. The van der Waals surface area contributed by atoms with Crippen LogP contribution in [0, 0.1) is 17.8 Å². The van der Waals surface area contributed by atoms with E-state index in [2.05, 4.69) is 24.1 Å². The summed E-state index contributed by atoms with van der Waals surface area (Å²) in [6, 6.07) is 0.889. The molecule has 2 fully saturated rings. The summed E-state index contributed by atoms with van der Waals surface area (Å²) in [5, 5.41) is 3.49. The van der Waals surface area contributed by atoms with Crippen molar-refractivity contribution in [1.29, 1.82) is 0 Å². The van der Waals surface area contributed by atoms with E-state index in [9.17, 15) is 4.79 Å². The average molecular weight is 254 g/mol. The van der Waals surface area contributed by atoms with Gasteiger partial charge in [-0.05, 0) is 38.3 Å². The number of carbonyl (C=O) groups excluding carboxylic acids is 1. The smallest absolute Gasteiger partial charge is 0.309 e. The molecule has 2 heterocycles. The summed E-state index contributed by atoms with van der Waals surface area (Å²) in [6.07, 6.45) is 1.17. The highest BCUT2D eigenvalue weighted by molar-refractivity contribution is 5.72. The Morgan fingerprint density at radius 2 is 2.17 bits per heavy atom. The Kier molecular flexibility index (Phi) is 4.28. The summed E-state index contributed by atoms with van der Waals surface area (Å²) >= 11 is 0. The Balaban J connectivity index is 2.06. The van der Waals surface area contributed by atoms with Crippen molar-refractivity contribution in [2.45, 2.75) is 39.3 Å². The molecule has 0 aliphatic carbocycles. The first-order valence-corrected chi connectivity index (χ1v) is 7.14. The maximum Gasteiger partial charge on any atom is 0.309 e. The number of rotatable bonds is 4. The van der Waals surface area contributed by atoms with Gasteiger partial charge in [-0.1, -0.05) is 13.8 Å². The lowest BCUT2D eigenvalue weighted by atomic mass is 9.92. The Morgan fingerprint density at radius 1 is 1.44 bits per heavy atom. The van der Waals surface area contributed by atoms with Gasteiger partial charge < -0.3 is 10.1 Å². The van der Waals surface area contributed by atoms with Gasteiger partial charge in [-0.15, -0.1) is 0 Å². The molecule has 4 nitrogen and oxygen atoms in total. The van der Waals surface area contributed by atoms with Crippen LogP contribution in [-0.2, 0) is 9.53 Å². The third kappa shape index (κ3) is 2.28. The Hall–Kier alpha value is -0.610. The molecule has 0 spiro atoms. The molecule has 0 radical (unpaired) electrons. The summed E-state index contributed by atoms with van der Waals surface area (Å²) in [7, 11) is 1.48. The maximum atomic E-state index is 11.7. The quantitative estimate of drug-likeness (QED) is 0.763. The fraction of sp³-hybridized carbons (Fsp3) is 0.929. The number of esters is 1. The van der Waals surface area contributed by atoms with Crippen LogP contribution in [0.15, 0.2) is 0 Å². The minimum absolute atomic E-state index is 0.0455. The predicted octanol–water partition coefficient (Wildman–Crippen LogP) is 1.11. The third-order valence-corrected chi connectivity index (χ3v) is 5.00. The maximum absolute atomic E-state index is 11.7. The number of carbonyl (C=O) groups is 1. The second-order valence-electron chi connectivity index (χ2n) is 5.81. The molecule has 0 bridgehead atoms. The Bertz CT molecular complexity index is 308. The molecule has 2 rings (SSSR count). The molecule has 2 aliphatic heterocycles. The largest absolute Gasteiger partial charge is 0.469 e. The van der Waals surface area contributed by atoms with E-state index in [0.29, 0.717) is 6.04 Å². The molecule has 4 heteroatoms. The van der Waals surface area contributed by atoms with Crippen LogP contribution >= 0.6 is 0 Å². The van der Waals surface area contributed by atoms with Gasteiger partial charge in [0.05, 0.1) is 13.0 Å². The number of nitrogens with zero attached hydrogens (tertiary/aromatic N) is 1. The fourth-order valence-corrected chi connectivity index (χ4v) is 3.73. The third-order valence-electron chi connectivity index (χ3n) is 5.00. The van der Waals surface area contributed by atoms with Crippen molar-refractivity contribution >= 4 is 5.97 Å². The van der Waals surface area contributed by atoms with Crippen molar-refractivity contribution in [3.63, 3.8) is 0 Å². The van der Waals surface area contributed by atoms with Crippen LogP contribution in [0.5, 0.6) is 0 Å². The number of hydrogen-bond acceptors (Lipinski definition) is 4. The van der Waals surface area contributed by atoms with E-state index in [1.807, 2.05) is 6.92 Å². The fourth-order valence-electron chi connectivity index (χ4n) is 3.73. The Morgan fingerprint density at radius 3 is 2.78 bits per heavy atom. The first-order valence-electron chi connectivity index (χ1n) is 7.14. The topological polar surface area (TPSA) is 41.6 Å². The van der Waals surface area contributed by atoms with E-state index in [0.717, 1.165) is 31.5 Å². The highest BCUT2D eigenvalue weighted by atomic mass is 16.5. The minimum atomic E-state index is -0.0902. The van der Waals surface area contributed by atoms with Gasteiger partial charge in [0, 0.05) is 18.6 Å². The zero-order valence-corrected chi connectivity index (χ0v) is 12.0.